The summed E-state index contributed by atoms with van der Waals surface area (Å²) in [7, 11) is 1.55. The van der Waals surface area contributed by atoms with Gasteiger partial charge in [-0.1, -0.05) is 0 Å². The van der Waals surface area contributed by atoms with Crippen LogP contribution in [0.3, 0.4) is 0 Å². The van der Waals surface area contributed by atoms with Gasteiger partial charge < -0.3 is 14.8 Å². The summed E-state index contributed by atoms with van der Waals surface area (Å²) in [6.07, 6.45) is 0. The van der Waals surface area contributed by atoms with Crippen molar-refractivity contribution >= 4 is 11.6 Å². The van der Waals surface area contributed by atoms with Gasteiger partial charge in [0.15, 0.2) is 0 Å². The molecule has 5 heteroatoms. The van der Waals surface area contributed by atoms with Crippen LogP contribution in [-0.4, -0.2) is 19.6 Å². The Hall–Kier alpha value is -2.82. The van der Waals surface area contributed by atoms with E-state index in [1.165, 1.54) is 12.1 Å². The zero-order chi connectivity index (χ0) is 15.9. The summed E-state index contributed by atoms with van der Waals surface area (Å²) in [4.78, 5) is 24.1. The number of rotatable bonds is 5. The summed E-state index contributed by atoms with van der Waals surface area (Å²) in [5.74, 6) is 0.877. The second kappa shape index (κ2) is 7.26. The molecule has 114 valence electrons. The lowest BCUT2D eigenvalue weighted by atomic mass is 10.2. The van der Waals surface area contributed by atoms with E-state index in [0.29, 0.717) is 23.7 Å². The Kier molecular flexibility index (Phi) is 5.14. The fourth-order valence-electron chi connectivity index (χ4n) is 1.85. The SMILES string of the molecule is CCOc1ccc(NC(=O)c2ccc(OC)cc2)c(=O)cc1. The zero-order valence-electron chi connectivity index (χ0n) is 12.5. The Morgan fingerprint density at radius 3 is 2.27 bits per heavy atom. The lowest BCUT2D eigenvalue weighted by molar-refractivity contribution is 0.102. The number of anilines is 1. The molecular weight excluding hydrogens is 282 g/mol. The molecule has 0 aliphatic carbocycles. The minimum Gasteiger partial charge on any atom is -0.497 e. The molecule has 2 rings (SSSR count). The normalized spacial score (nSPS) is 9.91. The van der Waals surface area contributed by atoms with E-state index in [1.807, 2.05) is 6.92 Å². The third-order valence-corrected chi connectivity index (χ3v) is 2.99. The fraction of sp³-hybridized carbons (Fsp3) is 0.176. The molecule has 0 saturated heterocycles. The van der Waals surface area contributed by atoms with Gasteiger partial charge in [-0.2, -0.15) is 0 Å². The molecule has 0 saturated carbocycles. The van der Waals surface area contributed by atoms with Crippen molar-refractivity contribution in [2.45, 2.75) is 6.92 Å². The molecule has 0 aromatic heterocycles. The Morgan fingerprint density at radius 1 is 1.00 bits per heavy atom. The zero-order valence-corrected chi connectivity index (χ0v) is 12.5. The van der Waals surface area contributed by atoms with Crippen LogP contribution in [0.5, 0.6) is 11.5 Å². The number of carbonyl (C=O) groups excluding carboxylic acids is 1. The van der Waals surface area contributed by atoms with Crippen LogP contribution in [0, 0.1) is 0 Å². The maximum atomic E-state index is 12.2. The van der Waals surface area contributed by atoms with Crippen molar-refractivity contribution in [3.05, 3.63) is 64.3 Å². The Labute approximate surface area is 128 Å². The maximum absolute atomic E-state index is 12.2. The Bertz CT molecular complexity index is 711. The third-order valence-electron chi connectivity index (χ3n) is 2.99. The number of nitrogens with one attached hydrogen (secondary N) is 1. The van der Waals surface area contributed by atoms with Gasteiger partial charge in [0.25, 0.3) is 5.91 Å². The van der Waals surface area contributed by atoms with Gasteiger partial charge >= 0.3 is 0 Å². The van der Waals surface area contributed by atoms with Crippen molar-refractivity contribution in [1.82, 2.24) is 0 Å². The smallest absolute Gasteiger partial charge is 0.255 e. The predicted octanol–water partition coefficient (Wildman–Crippen LogP) is 2.71. The molecule has 0 unspecified atom stereocenters. The quantitative estimate of drug-likeness (QED) is 0.922. The van der Waals surface area contributed by atoms with E-state index < -0.39 is 0 Å². The molecular formula is C17H17NO4. The van der Waals surface area contributed by atoms with Crippen molar-refractivity contribution < 1.29 is 14.3 Å². The summed E-state index contributed by atoms with van der Waals surface area (Å²) < 4.78 is 10.4. The van der Waals surface area contributed by atoms with Crippen LogP contribution >= 0.6 is 0 Å². The number of methoxy groups -OCH3 is 1. The van der Waals surface area contributed by atoms with E-state index in [1.54, 1.807) is 43.5 Å². The predicted molar refractivity (Wildman–Crippen MR) is 84.8 cm³/mol. The Balaban J connectivity index is 2.20. The minimum atomic E-state index is -0.357. The molecule has 22 heavy (non-hydrogen) atoms. The molecule has 0 fully saturated rings. The van der Waals surface area contributed by atoms with Gasteiger partial charge in [0.05, 0.1) is 19.4 Å². The number of carbonyl (C=O) groups is 1. The van der Waals surface area contributed by atoms with E-state index in [0.717, 1.165) is 0 Å². The average molecular weight is 299 g/mol. The highest BCUT2D eigenvalue weighted by atomic mass is 16.5. The second-order valence-electron chi connectivity index (χ2n) is 4.46. The van der Waals surface area contributed by atoms with Crippen LogP contribution in [0.1, 0.15) is 17.3 Å². The molecule has 2 aromatic rings. The topological polar surface area (TPSA) is 64.6 Å². The van der Waals surface area contributed by atoms with E-state index in [9.17, 15) is 9.59 Å². The average Bonchev–Trinajstić information content (AvgIpc) is 2.71. The largest absolute Gasteiger partial charge is 0.497 e. The first-order chi connectivity index (χ1) is 10.6. The van der Waals surface area contributed by atoms with Crippen molar-refractivity contribution in [3.63, 3.8) is 0 Å². The van der Waals surface area contributed by atoms with Gasteiger partial charge in [0.1, 0.15) is 11.5 Å². The molecule has 0 spiro atoms. The lowest BCUT2D eigenvalue weighted by Gasteiger charge is -2.04. The van der Waals surface area contributed by atoms with Crippen LogP contribution in [0.15, 0.2) is 53.3 Å². The number of benzene rings is 1. The lowest BCUT2D eigenvalue weighted by Crippen LogP contribution is -2.16. The van der Waals surface area contributed by atoms with Crippen molar-refractivity contribution in [3.8, 4) is 11.5 Å². The van der Waals surface area contributed by atoms with Crippen molar-refractivity contribution in [1.29, 1.82) is 0 Å². The summed E-state index contributed by atoms with van der Waals surface area (Å²) in [5, 5.41) is 2.61. The van der Waals surface area contributed by atoms with Gasteiger partial charge in [-0.05, 0) is 55.5 Å². The van der Waals surface area contributed by atoms with Crippen LogP contribution < -0.4 is 20.2 Å². The molecule has 0 radical (unpaired) electrons. The van der Waals surface area contributed by atoms with Crippen LogP contribution in [0.4, 0.5) is 5.69 Å². The summed E-state index contributed by atoms with van der Waals surface area (Å²) in [5.41, 5.74) is 0.358. The molecule has 0 atom stereocenters. The molecule has 0 aliphatic rings. The van der Waals surface area contributed by atoms with Crippen LogP contribution in [0.25, 0.3) is 0 Å². The number of amides is 1. The molecule has 1 amide bonds. The van der Waals surface area contributed by atoms with Gasteiger partial charge in [0, 0.05) is 5.56 Å². The van der Waals surface area contributed by atoms with E-state index in [4.69, 9.17) is 9.47 Å². The van der Waals surface area contributed by atoms with Gasteiger partial charge in [-0.25, -0.2) is 0 Å². The Morgan fingerprint density at radius 2 is 1.64 bits per heavy atom. The third kappa shape index (κ3) is 3.85. The second-order valence-corrected chi connectivity index (χ2v) is 4.46. The fourth-order valence-corrected chi connectivity index (χ4v) is 1.85. The number of hydrogen-bond acceptors (Lipinski definition) is 4. The van der Waals surface area contributed by atoms with Crippen molar-refractivity contribution in [2.24, 2.45) is 0 Å². The number of ether oxygens (including phenoxy) is 2. The summed E-state index contributed by atoms with van der Waals surface area (Å²) in [6, 6.07) is 12.8. The highest BCUT2D eigenvalue weighted by Crippen LogP contribution is 2.13. The highest BCUT2D eigenvalue weighted by molar-refractivity contribution is 6.04. The maximum Gasteiger partial charge on any atom is 0.255 e. The molecule has 0 heterocycles. The first kappa shape index (κ1) is 15.6. The first-order valence-electron chi connectivity index (χ1n) is 6.86. The van der Waals surface area contributed by atoms with Crippen molar-refractivity contribution in [2.75, 3.05) is 19.0 Å². The number of hydrogen-bond donors (Lipinski definition) is 1. The molecule has 1 N–H and O–H groups in total. The monoisotopic (exact) mass is 299 g/mol. The first-order valence-corrected chi connectivity index (χ1v) is 6.86. The van der Waals surface area contributed by atoms with Crippen LogP contribution in [0.2, 0.25) is 0 Å². The van der Waals surface area contributed by atoms with Gasteiger partial charge in [-0.3, -0.25) is 9.59 Å². The van der Waals surface area contributed by atoms with E-state index >= 15 is 0 Å². The van der Waals surface area contributed by atoms with Gasteiger partial charge in [0.2, 0.25) is 5.43 Å². The summed E-state index contributed by atoms with van der Waals surface area (Å²) >= 11 is 0. The van der Waals surface area contributed by atoms with E-state index in [2.05, 4.69) is 5.32 Å². The molecule has 5 nitrogen and oxygen atoms in total. The minimum absolute atomic E-state index is 0.201. The summed E-state index contributed by atoms with van der Waals surface area (Å²) in [6.45, 7) is 2.36. The molecule has 0 bridgehead atoms. The van der Waals surface area contributed by atoms with E-state index in [-0.39, 0.29) is 17.0 Å². The van der Waals surface area contributed by atoms with Crippen LogP contribution in [-0.2, 0) is 0 Å². The highest BCUT2D eigenvalue weighted by Gasteiger charge is 2.08. The standard InChI is InChI=1S/C17H17NO4/c1-3-22-14-8-10-15(16(19)11-9-14)18-17(20)12-4-6-13(21-2)7-5-12/h4-11H,3H2,1-2H3,(H,18,19,20). The van der Waals surface area contributed by atoms with Gasteiger partial charge in [-0.15, -0.1) is 0 Å². The molecule has 0 aliphatic heterocycles. The molecule has 2 aromatic carbocycles.